The van der Waals surface area contributed by atoms with Crippen LogP contribution in [-0.2, 0) is 14.8 Å². The van der Waals surface area contributed by atoms with Crippen LogP contribution in [0.15, 0.2) is 56.9 Å². The van der Waals surface area contributed by atoms with Crippen LogP contribution in [0.4, 0.5) is 0 Å². The molecular formula is C18H17BrClN3O4S. The van der Waals surface area contributed by atoms with Gasteiger partial charge < -0.3 is 5.11 Å². The molecule has 2 N–H and O–H groups in total. The summed E-state index contributed by atoms with van der Waals surface area (Å²) in [5.74, 6) is -0.403. The Morgan fingerprint density at radius 2 is 2.00 bits per heavy atom. The van der Waals surface area contributed by atoms with Crippen molar-refractivity contribution in [2.45, 2.75) is 23.8 Å². The van der Waals surface area contributed by atoms with E-state index in [-0.39, 0.29) is 17.2 Å². The highest BCUT2D eigenvalue weighted by atomic mass is 79.9. The zero-order chi connectivity index (χ0) is 20.3. The molecule has 1 aliphatic rings. The molecule has 1 amide bonds. The summed E-state index contributed by atoms with van der Waals surface area (Å²) >= 11 is 9.02. The van der Waals surface area contributed by atoms with Gasteiger partial charge in [-0.2, -0.15) is 9.41 Å². The number of rotatable bonds is 5. The second-order valence-electron chi connectivity index (χ2n) is 6.17. The SMILES string of the molecule is O=C(N/N=C/c1ccc(O)c(Br)c1)C1CCCN1S(=O)(=O)c1ccc(Cl)cc1. The van der Waals surface area contributed by atoms with E-state index >= 15 is 0 Å². The molecule has 0 aliphatic carbocycles. The van der Waals surface area contributed by atoms with Gasteiger partial charge in [0.15, 0.2) is 0 Å². The predicted octanol–water partition coefficient (Wildman–Crippen LogP) is 3.11. The fourth-order valence-electron chi connectivity index (χ4n) is 2.88. The lowest BCUT2D eigenvalue weighted by atomic mass is 10.2. The number of nitrogens with one attached hydrogen (secondary N) is 1. The first-order valence-electron chi connectivity index (χ1n) is 8.38. The van der Waals surface area contributed by atoms with Crippen molar-refractivity contribution in [1.82, 2.24) is 9.73 Å². The average Bonchev–Trinajstić information content (AvgIpc) is 3.16. The van der Waals surface area contributed by atoms with Crippen molar-refractivity contribution < 1.29 is 18.3 Å². The lowest BCUT2D eigenvalue weighted by Gasteiger charge is -2.22. The summed E-state index contributed by atoms with van der Waals surface area (Å²) in [5.41, 5.74) is 3.05. The van der Waals surface area contributed by atoms with Crippen molar-refractivity contribution in [3.8, 4) is 5.75 Å². The maximum atomic E-state index is 12.9. The highest BCUT2D eigenvalue weighted by molar-refractivity contribution is 9.10. The molecule has 0 spiro atoms. The number of phenols is 1. The van der Waals surface area contributed by atoms with Crippen molar-refractivity contribution >= 4 is 49.7 Å². The Balaban J connectivity index is 1.71. The molecule has 0 aromatic heterocycles. The second-order valence-corrected chi connectivity index (χ2v) is 9.35. The van der Waals surface area contributed by atoms with Crippen molar-refractivity contribution in [3.05, 3.63) is 57.5 Å². The standard InChI is InChI=1S/C18H17BrClN3O4S/c19-15-10-12(3-8-17(15)24)11-21-22-18(25)16-2-1-9-23(16)28(26,27)14-6-4-13(20)5-7-14/h3-8,10-11,16,24H,1-2,9H2,(H,22,25)/b21-11+. The molecule has 2 aromatic rings. The lowest BCUT2D eigenvalue weighted by Crippen LogP contribution is -2.44. The van der Waals surface area contributed by atoms with E-state index in [1.165, 1.54) is 40.9 Å². The number of hydrazone groups is 1. The number of phenolic OH excluding ortho intramolecular Hbond substituents is 1. The van der Waals surface area contributed by atoms with Gasteiger partial charge in [0.1, 0.15) is 11.8 Å². The molecule has 1 atom stereocenters. The lowest BCUT2D eigenvalue weighted by molar-refractivity contribution is -0.124. The molecule has 0 saturated carbocycles. The van der Waals surface area contributed by atoms with Crippen LogP contribution in [0.5, 0.6) is 5.75 Å². The van der Waals surface area contributed by atoms with E-state index in [1.54, 1.807) is 12.1 Å². The molecule has 28 heavy (non-hydrogen) atoms. The minimum absolute atomic E-state index is 0.0917. The maximum Gasteiger partial charge on any atom is 0.258 e. The topological polar surface area (TPSA) is 99.1 Å². The molecule has 1 aliphatic heterocycles. The highest BCUT2D eigenvalue weighted by Gasteiger charge is 2.39. The number of amides is 1. The van der Waals surface area contributed by atoms with Crippen molar-refractivity contribution in [2.75, 3.05) is 6.54 Å². The molecule has 1 unspecified atom stereocenters. The molecular weight excluding hydrogens is 470 g/mol. The monoisotopic (exact) mass is 485 g/mol. The molecule has 1 saturated heterocycles. The highest BCUT2D eigenvalue weighted by Crippen LogP contribution is 2.27. The van der Waals surface area contributed by atoms with Crippen LogP contribution in [-0.4, -0.2) is 42.5 Å². The average molecular weight is 487 g/mol. The summed E-state index contributed by atoms with van der Waals surface area (Å²) in [4.78, 5) is 12.6. The Labute approximate surface area is 176 Å². The van der Waals surface area contributed by atoms with Crippen LogP contribution in [0.1, 0.15) is 18.4 Å². The van der Waals surface area contributed by atoms with Gasteiger partial charge in [0, 0.05) is 11.6 Å². The fourth-order valence-corrected chi connectivity index (χ4v) is 5.06. The fraction of sp³-hybridized carbons (Fsp3) is 0.222. The third-order valence-electron chi connectivity index (χ3n) is 4.29. The molecule has 1 fully saturated rings. The second kappa shape index (κ2) is 8.60. The van der Waals surface area contributed by atoms with E-state index < -0.39 is 22.0 Å². The quantitative estimate of drug-likeness (QED) is 0.501. The number of benzene rings is 2. The van der Waals surface area contributed by atoms with Crippen molar-refractivity contribution in [2.24, 2.45) is 5.10 Å². The summed E-state index contributed by atoms with van der Waals surface area (Å²) in [6.45, 7) is 0.262. The predicted molar refractivity (Wildman–Crippen MR) is 110 cm³/mol. The van der Waals surface area contributed by atoms with Crippen LogP contribution in [0.25, 0.3) is 0 Å². The normalized spacial score (nSPS) is 17.9. The molecule has 2 aromatic carbocycles. The number of sulfonamides is 1. The molecule has 7 nitrogen and oxygen atoms in total. The minimum Gasteiger partial charge on any atom is -0.507 e. The van der Waals surface area contributed by atoms with E-state index in [0.29, 0.717) is 27.9 Å². The maximum absolute atomic E-state index is 12.9. The number of hydrogen-bond acceptors (Lipinski definition) is 5. The zero-order valence-corrected chi connectivity index (χ0v) is 17.7. The first kappa shape index (κ1) is 20.8. The Bertz CT molecular complexity index is 1010. The van der Waals surface area contributed by atoms with Gasteiger partial charge in [0.05, 0.1) is 15.6 Å². The van der Waals surface area contributed by atoms with Gasteiger partial charge in [0.25, 0.3) is 5.91 Å². The van der Waals surface area contributed by atoms with E-state index in [4.69, 9.17) is 11.6 Å². The third kappa shape index (κ3) is 4.54. The molecule has 148 valence electrons. The van der Waals surface area contributed by atoms with Gasteiger partial charge in [-0.3, -0.25) is 4.79 Å². The van der Waals surface area contributed by atoms with Crippen LogP contribution in [0.3, 0.4) is 0 Å². The number of halogens is 2. The van der Waals surface area contributed by atoms with E-state index in [9.17, 15) is 18.3 Å². The van der Waals surface area contributed by atoms with Gasteiger partial charge >= 0.3 is 0 Å². The molecule has 3 rings (SSSR count). The zero-order valence-electron chi connectivity index (χ0n) is 14.5. The Kier molecular flexibility index (Phi) is 6.39. The largest absolute Gasteiger partial charge is 0.507 e. The Morgan fingerprint density at radius 3 is 2.68 bits per heavy atom. The first-order valence-corrected chi connectivity index (χ1v) is 11.0. The van der Waals surface area contributed by atoms with Gasteiger partial charge in [-0.25, -0.2) is 13.8 Å². The molecule has 0 bridgehead atoms. The van der Waals surface area contributed by atoms with Crippen molar-refractivity contribution in [1.29, 1.82) is 0 Å². The third-order valence-corrected chi connectivity index (χ3v) is 7.10. The van der Waals surface area contributed by atoms with Crippen LogP contribution >= 0.6 is 27.5 Å². The molecule has 0 radical (unpaired) electrons. The van der Waals surface area contributed by atoms with Gasteiger partial charge in [-0.15, -0.1) is 0 Å². The number of nitrogens with zero attached hydrogens (tertiary/aromatic N) is 2. The van der Waals surface area contributed by atoms with Crippen LogP contribution in [0, 0.1) is 0 Å². The van der Waals surface area contributed by atoms with Crippen LogP contribution < -0.4 is 5.43 Å². The summed E-state index contributed by atoms with van der Waals surface area (Å²) < 4.78 is 27.4. The molecule has 1 heterocycles. The van der Waals surface area contributed by atoms with Gasteiger partial charge in [-0.1, -0.05) is 11.6 Å². The minimum atomic E-state index is -3.81. The summed E-state index contributed by atoms with van der Waals surface area (Å²) in [6, 6.07) is 9.77. The van der Waals surface area contributed by atoms with E-state index in [2.05, 4.69) is 26.5 Å². The first-order chi connectivity index (χ1) is 13.3. The number of carbonyl (C=O) groups is 1. The number of hydrogen-bond donors (Lipinski definition) is 2. The van der Waals surface area contributed by atoms with Gasteiger partial charge in [-0.05, 0) is 76.8 Å². The number of carbonyl (C=O) groups excluding carboxylic acids is 1. The van der Waals surface area contributed by atoms with Crippen molar-refractivity contribution in [3.63, 3.8) is 0 Å². The van der Waals surface area contributed by atoms with E-state index in [1.807, 2.05) is 0 Å². The Hall–Kier alpha value is -1.94. The summed E-state index contributed by atoms with van der Waals surface area (Å²) in [6.07, 6.45) is 2.41. The summed E-state index contributed by atoms with van der Waals surface area (Å²) in [5, 5.41) is 13.8. The van der Waals surface area contributed by atoms with E-state index in [0.717, 1.165) is 0 Å². The smallest absolute Gasteiger partial charge is 0.258 e. The Morgan fingerprint density at radius 1 is 1.29 bits per heavy atom. The number of aromatic hydroxyl groups is 1. The van der Waals surface area contributed by atoms with Crippen LogP contribution in [0.2, 0.25) is 5.02 Å². The summed E-state index contributed by atoms with van der Waals surface area (Å²) in [7, 11) is -3.81. The molecule has 10 heteroatoms. The van der Waals surface area contributed by atoms with Gasteiger partial charge in [0.2, 0.25) is 10.0 Å².